The second-order valence-corrected chi connectivity index (χ2v) is 6.40. The molecule has 1 atom stereocenters. The van der Waals surface area contributed by atoms with E-state index in [2.05, 4.69) is 16.9 Å². The molecule has 2 N–H and O–H groups in total. The molecule has 0 radical (unpaired) electrons. The number of nitrogen functional groups attached to an aromatic ring is 1. The summed E-state index contributed by atoms with van der Waals surface area (Å²) in [6.07, 6.45) is 0.933. The largest absolute Gasteiger partial charge is 0.462 e. The van der Waals surface area contributed by atoms with E-state index in [1.54, 1.807) is 11.7 Å². The Hall–Kier alpha value is -2.67. The number of methoxy groups -OCH3 is 1. The van der Waals surface area contributed by atoms with Gasteiger partial charge in [-0.05, 0) is 18.1 Å². The van der Waals surface area contributed by atoms with Crippen molar-refractivity contribution in [1.29, 1.82) is 0 Å². The zero-order valence-corrected chi connectivity index (χ0v) is 15.4. The van der Waals surface area contributed by atoms with Gasteiger partial charge in [0.25, 0.3) is 0 Å². The van der Waals surface area contributed by atoms with Crippen molar-refractivity contribution in [2.75, 3.05) is 26.1 Å². The Morgan fingerprint density at radius 2 is 1.96 bits per heavy atom. The Bertz CT molecular complexity index is 935. The first-order valence-electron chi connectivity index (χ1n) is 8.77. The predicted octanol–water partition coefficient (Wildman–Crippen LogP) is 3.02. The van der Waals surface area contributed by atoms with E-state index in [9.17, 15) is 4.79 Å². The van der Waals surface area contributed by atoms with E-state index in [1.165, 1.54) is 0 Å². The summed E-state index contributed by atoms with van der Waals surface area (Å²) in [7, 11) is 1.62. The van der Waals surface area contributed by atoms with Gasteiger partial charge in [-0.3, -0.25) is 0 Å². The van der Waals surface area contributed by atoms with Crippen LogP contribution in [0.3, 0.4) is 0 Å². The fraction of sp³-hybridized carbons (Fsp3) is 0.421. The highest BCUT2D eigenvalue weighted by atomic mass is 16.5. The summed E-state index contributed by atoms with van der Waals surface area (Å²) in [6, 6.07) is 7.52. The van der Waals surface area contributed by atoms with Crippen molar-refractivity contribution in [2.24, 2.45) is 5.92 Å². The number of para-hydroxylation sites is 2. The smallest absolute Gasteiger partial charge is 0.344 e. The number of anilines is 1. The molecule has 26 heavy (non-hydrogen) atoms. The Morgan fingerprint density at radius 3 is 2.62 bits per heavy atom. The molecule has 2 aromatic heterocycles. The van der Waals surface area contributed by atoms with Gasteiger partial charge in [0, 0.05) is 13.7 Å². The number of carbonyl (C=O) groups excluding carboxylic acids is 1. The maximum Gasteiger partial charge on any atom is 0.344 e. The molecule has 3 aromatic rings. The number of esters is 1. The summed E-state index contributed by atoms with van der Waals surface area (Å²) in [6.45, 7) is 5.36. The molecule has 7 nitrogen and oxygen atoms in total. The van der Waals surface area contributed by atoms with Gasteiger partial charge in [0.05, 0.1) is 24.2 Å². The molecule has 0 unspecified atom stereocenters. The van der Waals surface area contributed by atoms with Gasteiger partial charge >= 0.3 is 5.97 Å². The molecule has 0 aliphatic rings. The minimum absolute atomic E-state index is 0.276. The molecule has 2 heterocycles. The van der Waals surface area contributed by atoms with Crippen molar-refractivity contribution in [3.8, 4) is 0 Å². The minimum Gasteiger partial charge on any atom is -0.462 e. The topological polar surface area (TPSA) is 92.3 Å². The average Bonchev–Trinajstić information content (AvgIpc) is 2.92. The lowest BCUT2D eigenvalue weighted by Crippen LogP contribution is -2.14. The summed E-state index contributed by atoms with van der Waals surface area (Å²) >= 11 is 0. The third kappa shape index (κ3) is 3.35. The first kappa shape index (κ1) is 18.1. The maximum atomic E-state index is 12.7. The van der Waals surface area contributed by atoms with Crippen LogP contribution in [0.15, 0.2) is 24.3 Å². The number of carbonyl (C=O) groups is 1. The Kier molecular flexibility index (Phi) is 5.37. The van der Waals surface area contributed by atoms with Gasteiger partial charge < -0.3 is 19.8 Å². The zero-order chi connectivity index (χ0) is 18.7. The fourth-order valence-corrected chi connectivity index (χ4v) is 2.74. The summed E-state index contributed by atoms with van der Waals surface area (Å²) in [5.74, 6) is 0.129. The van der Waals surface area contributed by atoms with Crippen molar-refractivity contribution in [1.82, 2.24) is 14.5 Å². The van der Waals surface area contributed by atoms with Crippen LogP contribution >= 0.6 is 0 Å². The Balaban J connectivity index is 2.12. The van der Waals surface area contributed by atoms with Gasteiger partial charge in [-0.2, -0.15) is 0 Å². The van der Waals surface area contributed by atoms with Gasteiger partial charge in [0.1, 0.15) is 16.9 Å². The van der Waals surface area contributed by atoms with Crippen LogP contribution < -0.4 is 5.73 Å². The maximum absolute atomic E-state index is 12.7. The molecular weight excluding hydrogens is 332 g/mol. The number of ether oxygens (including phenoxy) is 2. The van der Waals surface area contributed by atoms with Crippen LogP contribution in [0.1, 0.15) is 30.6 Å². The lowest BCUT2D eigenvalue weighted by atomic mass is 10.1. The SMILES string of the molecule is CC[C@@H](C)COC(=O)c1c(N)n(CCOC)c2nc3ccccc3nc12. The molecule has 0 saturated heterocycles. The molecule has 0 fully saturated rings. The third-order valence-corrected chi connectivity index (χ3v) is 4.51. The van der Waals surface area contributed by atoms with Crippen LogP contribution in [-0.2, 0) is 16.0 Å². The minimum atomic E-state index is -0.464. The van der Waals surface area contributed by atoms with Crippen molar-refractivity contribution in [3.05, 3.63) is 29.8 Å². The van der Waals surface area contributed by atoms with Gasteiger partial charge in [-0.25, -0.2) is 14.8 Å². The molecule has 138 valence electrons. The van der Waals surface area contributed by atoms with E-state index in [4.69, 9.17) is 15.2 Å². The molecule has 0 aliphatic heterocycles. The second kappa shape index (κ2) is 7.70. The molecule has 1 aromatic carbocycles. The van der Waals surface area contributed by atoms with Crippen molar-refractivity contribution >= 4 is 34.0 Å². The van der Waals surface area contributed by atoms with Crippen LogP contribution in [-0.4, -0.2) is 40.8 Å². The lowest BCUT2D eigenvalue weighted by Gasteiger charge is -2.10. The van der Waals surface area contributed by atoms with Crippen LogP contribution in [0.5, 0.6) is 0 Å². The number of nitrogens with zero attached hydrogens (tertiary/aromatic N) is 3. The zero-order valence-electron chi connectivity index (χ0n) is 15.4. The van der Waals surface area contributed by atoms with Crippen LogP contribution in [0.4, 0.5) is 5.82 Å². The van der Waals surface area contributed by atoms with Crippen molar-refractivity contribution < 1.29 is 14.3 Å². The average molecular weight is 356 g/mol. The highest BCUT2D eigenvalue weighted by Gasteiger charge is 2.25. The van der Waals surface area contributed by atoms with E-state index < -0.39 is 5.97 Å². The van der Waals surface area contributed by atoms with Crippen molar-refractivity contribution in [2.45, 2.75) is 26.8 Å². The summed E-state index contributed by atoms with van der Waals surface area (Å²) < 4.78 is 12.4. The Morgan fingerprint density at radius 1 is 1.27 bits per heavy atom. The molecule has 0 amide bonds. The van der Waals surface area contributed by atoms with Crippen LogP contribution in [0, 0.1) is 5.92 Å². The quantitative estimate of drug-likeness (QED) is 0.654. The van der Waals surface area contributed by atoms with E-state index in [1.807, 2.05) is 31.2 Å². The molecular formula is C19H24N4O3. The van der Waals surface area contributed by atoms with Gasteiger partial charge in [-0.1, -0.05) is 32.4 Å². The number of benzene rings is 1. The van der Waals surface area contributed by atoms with E-state index in [0.29, 0.717) is 42.3 Å². The monoisotopic (exact) mass is 356 g/mol. The molecule has 0 saturated carbocycles. The van der Waals surface area contributed by atoms with Crippen molar-refractivity contribution in [3.63, 3.8) is 0 Å². The molecule has 0 aliphatic carbocycles. The van der Waals surface area contributed by atoms with E-state index >= 15 is 0 Å². The van der Waals surface area contributed by atoms with Gasteiger partial charge in [0.2, 0.25) is 0 Å². The fourth-order valence-electron chi connectivity index (χ4n) is 2.74. The molecule has 0 bridgehead atoms. The summed E-state index contributed by atoms with van der Waals surface area (Å²) in [5, 5.41) is 0. The lowest BCUT2D eigenvalue weighted by molar-refractivity contribution is 0.0450. The number of nitrogens with two attached hydrogens (primary N) is 1. The van der Waals surface area contributed by atoms with E-state index in [-0.39, 0.29) is 11.5 Å². The van der Waals surface area contributed by atoms with Gasteiger partial charge in [-0.15, -0.1) is 0 Å². The number of hydrogen-bond donors (Lipinski definition) is 1. The third-order valence-electron chi connectivity index (χ3n) is 4.51. The number of aromatic nitrogens is 3. The highest BCUT2D eigenvalue weighted by Crippen LogP contribution is 2.28. The Labute approximate surface area is 152 Å². The van der Waals surface area contributed by atoms with Gasteiger partial charge in [0.15, 0.2) is 5.65 Å². The number of fused-ring (bicyclic) bond motifs is 2. The summed E-state index contributed by atoms with van der Waals surface area (Å²) in [4.78, 5) is 22.0. The molecule has 3 rings (SSSR count). The number of hydrogen-bond acceptors (Lipinski definition) is 6. The predicted molar refractivity (Wildman–Crippen MR) is 101 cm³/mol. The summed E-state index contributed by atoms with van der Waals surface area (Å²) in [5.41, 5.74) is 9.04. The van der Waals surface area contributed by atoms with Crippen LogP contribution in [0.25, 0.3) is 22.2 Å². The normalized spacial score (nSPS) is 12.6. The second-order valence-electron chi connectivity index (χ2n) is 6.40. The first-order valence-corrected chi connectivity index (χ1v) is 8.77. The van der Waals surface area contributed by atoms with E-state index in [0.717, 1.165) is 11.9 Å². The number of rotatable bonds is 7. The molecule has 7 heteroatoms. The standard InChI is InChI=1S/C19H24N4O3/c1-4-12(2)11-26-19(24)15-16-18(23(17(15)20)9-10-25-3)22-14-8-6-5-7-13(14)21-16/h5-8,12H,4,9-11,20H2,1-3H3/t12-/m1/s1. The highest BCUT2D eigenvalue weighted by molar-refractivity contribution is 6.08. The van der Waals surface area contributed by atoms with Crippen LogP contribution in [0.2, 0.25) is 0 Å². The first-order chi connectivity index (χ1) is 12.6. The molecule has 0 spiro atoms.